The van der Waals surface area contributed by atoms with Crippen molar-refractivity contribution in [2.45, 2.75) is 26.8 Å². The van der Waals surface area contributed by atoms with E-state index in [4.69, 9.17) is 4.74 Å². The van der Waals surface area contributed by atoms with E-state index in [-0.39, 0.29) is 6.04 Å². The SMILES string of the molecule is CCNC(c1ccc(C)c(OC)c1)c1cnccc1C. The Morgan fingerprint density at radius 1 is 1.20 bits per heavy atom. The largest absolute Gasteiger partial charge is 0.496 e. The molecule has 0 amide bonds. The summed E-state index contributed by atoms with van der Waals surface area (Å²) in [7, 11) is 1.71. The smallest absolute Gasteiger partial charge is 0.122 e. The van der Waals surface area contributed by atoms with Crippen LogP contribution in [0.3, 0.4) is 0 Å². The number of hydrogen-bond acceptors (Lipinski definition) is 3. The molecule has 0 spiro atoms. The molecule has 2 rings (SSSR count). The molecule has 0 saturated carbocycles. The average molecular weight is 270 g/mol. The molecule has 20 heavy (non-hydrogen) atoms. The van der Waals surface area contributed by atoms with Crippen LogP contribution in [0, 0.1) is 13.8 Å². The number of nitrogens with zero attached hydrogens (tertiary/aromatic N) is 1. The second kappa shape index (κ2) is 6.53. The van der Waals surface area contributed by atoms with Crippen LogP contribution in [0.15, 0.2) is 36.7 Å². The maximum absolute atomic E-state index is 5.44. The van der Waals surface area contributed by atoms with E-state index in [1.807, 2.05) is 18.5 Å². The van der Waals surface area contributed by atoms with E-state index in [9.17, 15) is 0 Å². The molecule has 1 aromatic carbocycles. The second-order valence-electron chi connectivity index (χ2n) is 4.95. The molecule has 0 aliphatic rings. The number of ether oxygens (including phenoxy) is 1. The van der Waals surface area contributed by atoms with Gasteiger partial charge in [0, 0.05) is 12.4 Å². The van der Waals surface area contributed by atoms with Gasteiger partial charge < -0.3 is 10.1 Å². The monoisotopic (exact) mass is 270 g/mol. The minimum absolute atomic E-state index is 0.142. The quantitative estimate of drug-likeness (QED) is 0.904. The zero-order valence-electron chi connectivity index (χ0n) is 12.6. The van der Waals surface area contributed by atoms with E-state index in [1.54, 1.807) is 7.11 Å². The summed E-state index contributed by atoms with van der Waals surface area (Å²) in [6.45, 7) is 7.19. The summed E-state index contributed by atoms with van der Waals surface area (Å²) in [6.07, 6.45) is 3.77. The third-order valence-electron chi connectivity index (χ3n) is 3.56. The fourth-order valence-corrected chi connectivity index (χ4v) is 2.41. The Morgan fingerprint density at radius 3 is 2.65 bits per heavy atom. The number of hydrogen-bond donors (Lipinski definition) is 1. The summed E-state index contributed by atoms with van der Waals surface area (Å²) in [5, 5.41) is 3.53. The molecule has 0 aliphatic carbocycles. The third kappa shape index (κ3) is 2.99. The molecule has 1 N–H and O–H groups in total. The molecule has 2 aromatic rings. The number of aryl methyl sites for hydroxylation is 2. The lowest BCUT2D eigenvalue weighted by Crippen LogP contribution is -2.23. The first-order valence-electron chi connectivity index (χ1n) is 6.95. The van der Waals surface area contributed by atoms with Crippen molar-refractivity contribution < 1.29 is 4.74 Å². The van der Waals surface area contributed by atoms with Crippen molar-refractivity contribution in [3.05, 3.63) is 58.9 Å². The Morgan fingerprint density at radius 2 is 2.00 bits per heavy atom. The van der Waals surface area contributed by atoms with Gasteiger partial charge >= 0.3 is 0 Å². The van der Waals surface area contributed by atoms with Gasteiger partial charge in [-0.1, -0.05) is 19.1 Å². The molecule has 0 saturated heterocycles. The second-order valence-corrected chi connectivity index (χ2v) is 4.95. The molecule has 3 nitrogen and oxygen atoms in total. The van der Waals surface area contributed by atoms with Gasteiger partial charge in [0.25, 0.3) is 0 Å². The Bertz CT molecular complexity index is 581. The molecular weight excluding hydrogens is 248 g/mol. The summed E-state index contributed by atoms with van der Waals surface area (Å²) in [5.74, 6) is 0.923. The first-order chi connectivity index (χ1) is 9.67. The predicted molar refractivity (Wildman–Crippen MR) is 82.2 cm³/mol. The van der Waals surface area contributed by atoms with Crippen LogP contribution < -0.4 is 10.1 Å². The van der Waals surface area contributed by atoms with E-state index >= 15 is 0 Å². The molecule has 0 aliphatic heterocycles. The third-order valence-corrected chi connectivity index (χ3v) is 3.56. The predicted octanol–water partition coefficient (Wildman–Crippen LogP) is 3.41. The van der Waals surface area contributed by atoms with Crippen molar-refractivity contribution in [3.8, 4) is 5.75 Å². The Labute approximate surface area is 121 Å². The highest BCUT2D eigenvalue weighted by Crippen LogP contribution is 2.28. The molecule has 0 fully saturated rings. The molecule has 1 unspecified atom stereocenters. The Kier molecular flexibility index (Phi) is 4.74. The van der Waals surface area contributed by atoms with Gasteiger partial charge in [-0.2, -0.15) is 0 Å². The number of rotatable bonds is 5. The van der Waals surface area contributed by atoms with Crippen molar-refractivity contribution >= 4 is 0 Å². The summed E-state index contributed by atoms with van der Waals surface area (Å²) in [5.41, 5.74) is 4.80. The highest BCUT2D eigenvalue weighted by Gasteiger charge is 2.16. The van der Waals surface area contributed by atoms with Gasteiger partial charge in [0.05, 0.1) is 13.2 Å². The number of benzene rings is 1. The minimum atomic E-state index is 0.142. The van der Waals surface area contributed by atoms with Gasteiger partial charge in [-0.05, 0) is 54.8 Å². The van der Waals surface area contributed by atoms with Crippen LogP contribution >= 0.6 is 0 Å². The van der Waals surface area contributed by atoms with Crippen molar-refractivity contribution in [2.75, 3.05) is 13.7 Å². The normalized spacial score (nSPS) is 12.2. The van der Waals surface area contributed by atoms with Crippen molar-refractivity contribution in [1.29, 1.82) is 0 Å². The topological polar surface area (TPSA) is 34.1 Å². The van der Waals surface area contributed by atoms with Gasteiger partial charge in [0.15, 0.2) is 0 Å². The van der Waals surface area contributed by atoms with Crippen LogP contribution in [0.5, 0.6) is 5.75 Å². The van der Waals surface area contributed by atoms with Gasteiger partial charge in [-0.3, -0.25) is 4.98 Å². The Hall–Kier alpha value is -1.87. The van der Waals surface area contributed by atoms with Gasteiger partial charge in [-0.25, -0.2) is 0 Å². The zero-order valence-corrected chi connectivity index (χ0v) is 12.6. The number of aromatic nitrogens is 1. The fraction of sp³-hybridized carbons (Fsp3) is 0.353. The van der Waals surface area contributed by atoms with Crippen molar-refractivity contribution in [2.24, 2.45) is 0 Å². The maximum Gasteiger partial charge on any atom is 0.122 e. The number of pyridine rings is 1. The highest BCUT2D eigenvalue weighted by atomic mass is 16.5. The first kappa shape index (κ1) is 14.5. The molecular formula is C17H22N2O. The van der Waals surface area contributed by atoms with E-state index < -0.39 is 0 Å². The van der Waals surface area contributed by atoms with Crippen molar-refractivity contribution in [1.82, 2.24) is 10.3 Å². The summed E-state index contributed by atoms with van der Waals surface area (Å²) in [6, 6.07) is 8.55. The lowest BCUT2D eigenvalue weighted by Gasteiger charge is -2.21. The molecule has 0 bridgehead atoms. The van der Waals surface area contributed by atoms with Crippen LogP contribution in [0.25, 0.3) is 0 Å². The Balaban J connectivity index is 2.46. The van der Waals surface area contributed by atoms with Crippen molar-refractivity contribution in [3.63, 3.8) is 0 Å². The van der Waals surface area contributed by atoms with Gasteiger partial charge in [-0.15, -0.1) is 0 Å². The molecule has 0 radical (unpaired) electrons. The average Bonchev–Trinajstić information content (AvgIpc) is 2.46. The summed E-state index contributed by atoms with van der Waals surface area (Å²) in [4.78, 5) is 4.26. The lowest BCUT2D eigenvalue weighted by atomic mass is 9.95. The van der Waals surface area contributed by atoms with Gasteiger partial charge in [0.1, 0.15) is 5.75 Å². The standard InChI is InChI=1S/C17H22N2O/c1-5-19-17(15-11-18-9-8-12(15)2)14-7-6-13(3)16(10-14)20-4/h6-11,17,19H,5H2,1-4H3. The van der Waals surface area contributed by atoms with E-state index in [2.05, 4.69) is 49.3 Å². The van der Waals surface area contributed by atoms with Crippen LogP contribution in [-0.2, 0) is 0 Å². The summed E-state index contributed by atoms with van der Waals surface area (Å²) < 4.78 is 5.44. The maximum atomic E-state index is 5.44. The first-order valence-corrected chi connectivity index (χ1v) is 6.95. The van der Waals surface area contributed by atoms with Crippen LogP contribution in [-0.4, -0.2) is 18.6 Å². The lowest BCUT2D eigenvalue weighted by molar-refractivity contribution is 0.410. The number of methoxy groups -OCH3 is 1. The van der Waals surface area contributed by atoms with Crippen LogP contribution in [0.1, 0.15) is 35.2 Å². The minimum Gasteiger partial charge on any atom is -0.496 e. The van der Waals surface area contributed by atoms with Crippen LogP contribution in [0.2, 0.25) is 0 Å². The molecule has 3 heteroatoms. The van der Waals surface area contributed by atoms with E-state index in [0.717, 1.165) is 17.9 Å². The van der Waals surface area contributed by atoms with E-state index in [0.29, 0.717) is 0 Å². The molecule has 1 aromatic heterocycles. The zero-order chi connectivity index (χ0) is 14.5. The molecule has 106 valence electrons. The molecule has 1 heterocycles. The van der Waals surface area contributed by atoms with E-state index in [1.165, 1.54) is 16.7 Å². The van der Waals surface area contributed by atoms with Crippen LogP contribution in [0.4, 0.5) is 0 Å². The van der Waals surface area contributed by atoms with Gasteiger partial charge in [0.2, 0.25) is 0 Å². The highest BCUT2D eigenvalue weighted by molar-refractivity contribution is 5.42. The number of nitrogens with one attached hydrogen (secondary N) is 1. The summed E-state index contributed by atoms with van der Waals surface area (Å²) >= 11 is 0. The fourth-order valence-electron chi connectivity index (χ4n) is 2.41. The molecule has 1 atom stereocenters.